The highest BCUT2D eigenvalue weighted by Gasteiger charge is 2.49. The molecule has 1 aromatic rings. The fourth-order valence-corrected chi connectivity index (χ4v) is 3.70. The van der Waals surface area contributed by atoms with Gasteiger partial charge in [-0.2, -0.15) is 0 Å². The van der Waals surface area contributed by atoms with Gasteiger partial charge in [0.25, 0.3) is 0 Å². The van der Waals surface area contributed by atoms with Crippen molar-refractivity contribution < 1.29 is 14.6 Å². The predicted octanol–water partition coefficient (Wildman–Crippen LogP) is 1.84. The Morgan fingerprint density at radius 1 is 1.50 bits per heavy atom. The molecule has 3 atom stereocenters. The van der Waals surface area contributed by atoms with Crippen LogP contribution in [0.3, 0.4) is 0 Å². The van der Waals surface area contributed by atoms with E-state index in [1.165, 1.54) is 0 Å². The molecule has 0 saturated carbocycles. The minimum Gasteiger partial charge on any atom is -0.497 e. The van der Waals surface area contributed by atoms with E-state index < -0.39 is 5.97 Å². The minimum absolute atomic E-state index is 0.172. The number of carbonyl (C=O) groups is 1. The van der Waals surface area contributed by atoms with Gasteiger partial charge in [-0.15, -0.1) is 0 Å². The van der Waals surface area contributed by atoms with Crippen molar-refractivity contribution in [3.63, 3.8) is 0 Å². The zero-order valence-electron chi connectivity index (χ0n) is 11.9. The van der Waals surface area contributed by atoms with Gasteiger partial charge in [0, 0.05) is 36.5 Å². The summed E-state index contributed by atoms with van der Waals surface area (Å²) >= 11 is 0. The van der Waals surface area contributed by atoms with Crippen molar-refractivity contribution in [3.8, 4) is 5.75 Å². The van der Waals surface area contributed by atoms with Gasteiger partial charge in [-0.1, -0.05) is 0 Å². The molecule has 0 aromatic carbocycles. The van der Waals surface area contributed by atoms with Crippen molar-refractivity contribution in [3.05, 3.63) is 23.5 Å². The number of nitrogens with zero attached hydrogens (tertiary/aromatic N) is 2. The van der Waals surface area contributed by atoms with E-state index >= 15 is 0 Å². The Hall–Kier alpha value is -1.62. The van der Waals surface area contributed by atoms with Crippen LogP contribution in [-0.2, 0) is 11.3 Å². The average molecular weight is 276 g/mol. The zero-order valence-corrected chi connectivity index (χ0v) is 11.9. The van der Waals surface area contributed by atoms with Crippen LogP contribution in [-0.4, -0.2) is 40.2 Å². The van der Waals surface area contributed by atoms with Crippen LogP contribution in [0.1, 0.15) is 30.7 Å². The van der Waals surface area contributed by atoms with Crippen LogP contribution in [0.2, 0.25) is 0 Å². The van der Waals surface area contributed by atoms with Gasteiger partial charge in [0.15, 0.2) is 0 Å². The van der Waals surface area contributed by atoms with Crippen molar-refractivity contribution in [1.82, 2.24) is 9.88 Å². The molecule has 0 spiro atoms. The van der Waals surface area contributed by atoms with Crippen molar-refractivity contribution in [2.24, 2.45) is 5.92 Å². The molecule has 3 unspecified atom stereocenters. The first-order valence-electron chi connectivity index (χ1n) is 7.08. The minimum atomic E-state index is -0.656. The van der Waals surface area contributed by atoms with E-state index in [1.807, 2.05) is 19.1 Å². The smallest absolute Gasteiger partial charge is 0.308 e. The Kier molecular flexibility index (Phi) is 3.38. The summed E-state index contributed by atoms with van der Waals surface area (Å²) in [5, 5.41) is 9.28. The van der Waals surface area contributed by atoms with Crippen molar-refractivity contribution >= 4 is 5.97 Å². The Morgan fingerprint density at radius 3 is 2.95 bits per heavy atom. The summed E-state index contributed by atoms with van der Waals surface area (Å²) in [5.74, 6) is -0.0498. The zero-order chi connectivity index (χ0) is 14.3. The summed E-state index contributed by atoms with van der Waals surface area (Å²) in [7, 11) is 1.65. The summed E-state index contributed by atoms with van der Waals surface area (Å²) in [6, 6.07) is 4.42. The second-order valence-electron chi connectivity index (χ2n) is 5.79. The van der Waals surface area contributed by atoms with Gasteiger partial charge < -0.3 is 9.84 Å². The molecule has 0 radical (unpaired) electrons. The maximum absolute atomic E-state index is 11.3. The first-order valence-corrected chi connectivity index (χ1v) is 7.08. The fraction of sp³-hybridized carbons (Fsp3) is 0.600. The molecule has 0 aliphatic carbocycles. The number of fused-ring (bicyclic) bond motifs is 2. The third-order valence-electron chi connectivity index (χ3n) is 4.56. The van der Waals surface area contributed by atoms with Gasteiger partial charge in [-0.25, -0.2) is 0 Å². The molecule has 2 aliphatic rings. The SMILES string of the molecule is COc1cc(C)nc(CN2C3CCC2C(C(=O)O)C3)c1. The molecule has 5 heteroatoms. The van der Waals surface area contributed by atoms with E-state index in [1.54, 1.807) is 7.11 Å². The largest absolute Gasteiger partial charge is 0.497 e. The molecule has 108 valence electrons. The molecule has 0 amide bonds. The number of pyridine rings is 1. The predicted molar refractivity (Wildman–Crippen MR) is 73.6 cm³/mol. The lowest BCUT2D eigenvalue weighted by Gasteiger charge is -2.22. The highest BCUT2D eigenvalue weighted by atomic mass is 16.5. The van der Waals surface area contributed by atoms with E-state index in [0.717, 1.165) is 42.9 Å². The molecule has 2 aliphatic heterocycles. The number of methoxy groups -OCH3 is 1. The summed E-state index contributed by atoms with van der Waals surface area (Å²) in [4.78, 5) is 18.1. The molecule has 1 aromatic heterocycles. The number of hydrogen-bond acceptors (Lipinski definition) is 4. The summed E-state index contributed by atoms with van der Waals surface area (Å²) in [6.07, 6.45) is 2.88. The van der Waals surface area contributed by atoms with E-state index in [9.17, 15) is 9.90 Å². The summed E-state index contributed by atoms with van der Waals surface area (Å²) in [6.45, 7) is 2.67. The number of aryl methyl sites for hydroxylation is 1. The first kappa shape index (κ1) is 13.4. The summed E-state index contributed by atoms with van der Waals surface area (Å²) in [5.41, 5.74) is 1.89. The quantitative estimate of drug-likeness (QED) is 0.909. The van der Waals surface area contributed by atoms with E-state index in [0.29, 0.717) is 6.04 Å². The third-order valence-corrected chi connectivity index (χ3v) is 4.56. The third kappa shape index (κ3) is 2.26. The molecule has 1 N–H and O–H groups in total. The second-order valence-corrected chi connectivity index (χ2v) is 5.79. The topological polar surface area (TPSA) is 62.7 Å². The second kappa shape index (κ2) is 5.05. The number of ether oxygens (including phenoxy) is 1. The van der Waals surface area contributed by atoms with Crippen LogP contribution < -0.4 is 4.74 Å². The van der Waals surface area contributed by atoms with E-state index in [2.05, 4.69) is 9.88 Å². The van der Waals surface area contributed by atoms with Gasteiger partial charge in [0.05, 0.1) is 18.7 Å². The van der Waals surface area contributed by atoms with Gasteiger partial charge in [0.2, 0.25) is 0 Å². The molecule has 3 heterocycles. The number of carboxylic acid groups (broad SMARTS) is 1. The maximum Gasteiger partial charge on any atom is 0.308 e. The molecule has 20 heavy (non-hydrogen) atoms. The van der Waals surface area contributed by atoms with Crippen LogP contribution in [0, 0.1) is 12.8 Å². The van der Waals surface area contributed by atoms with Crippen LogP contribution in [0.5, 0.6) is 5.75 Å². The molecule has 5 nitrogen and oxygen atoms in total. The molecular formula is C15H20N2O3. The van der Waals surface area contributed by atoms with Gasteiger partial charge in [0.1, 0.15) is 5.75 Å². The van der Waals surface area contributed by atoms with Crippen molar-refractivity contribution in [1.29, 1.82) is 0 Å². The average Bonchev–Trinajstić information content (AvgIpc) is 2.95. The van der Waals surface area contributed by atoms with Gasteiger partial charge >= 0.3 is 5.97 Å². The lowest BCUT2D eigenvalue weighted by atomic mass is 9.89. The van der Waals surface area contributed by atoms with Crippen LogP contribution in [0.15, 0.2) is 12.1 Å². The molecule has 2 fully saturated rings. The molecule has 2 saturated heterocycles. The number of carboxylic acids is 1. The first-order chi connectivity index (χ1) is 9.58. The normalized spacial score (nSPS) is 28.8. The highest BCUT2D eigenvalue weighted by Crippen LogP contribution is 2.42. The highest BCUT2D eigenvalue weighted by molar-refractivity contribution is 5.71. The number of aromatic nitrogens is 1. The lowest BCUT2D eigenvalue weighted by molar-refractivity contribution is -0.142. The number of rotatable bonds is 4. The standard InChI is InChI=1S/C15H20N2O3/c1-9-5-12(20-2)6-10(16-9)8-17-11-3-4-14(17)13(7-11)15(18)19/h5-6,11,13-14H,3-4,7-8H2,1-2H3,(H,18,19). The Morgan fingerprint density at radius 2 is 2.30 bits per heavy atom. The fourth-order valence-electron chi connectivity index (χ4n) is 3.70. The number of hydrogen-bond donors (Lipinski definition) is 1. The van der Waals surface area contributed by atoms with E-state index in [-0.39, 0.29) is 12.0 Å². The van der Waals surface area contributed by atoms with Gasteiger partial charge in [-0.05, 0) is 26.2 Å². The van der Waals surface area contributed by atoms with Crippen LogP contribution in [0.4, 0.5) is 0 Å². The van der Waals surface area contributed by atoms with E-state index in [4.69, 9.17) is 4.74 Å². The van der Waals surface area contributed by atoms with Crippen LogP contribution >= 0.6 is 0 Å². The maximum atomic E-state index is 11.3. The molecule has 2 bridgehead atoms. The van der Waals surface area contributed by atoms with Crippen molar-refractivity contribution in [2.75, 3.05) is 7.11 Å². The Bertz CT molecular complexity index is 532. The van der Waals surface area contributed by atoms with Gasteiger partial charge in [-0.3, -0.25) is 14.7 Å². The monoisotopic (exact) mass is 276 g/mol. The summed E-state index contributed by atoms with van der Waals surface area (Å²) < 4.78 is 5.28. The Labute approximate surface area is 118 Å². The van der Waals surface area contributed by atoms with Crippen LogP contribution in [0.25, 0.3) is 0 Å². The number of aliphatic carboxylic acids is 1. The lowest BCUT2D eigenvalue weighted by Crippen LogP contribution is -2.32. The van der Waals surface area contributed by atoms with Crippen molar-refractivity contribution in [2.45, 2.75) is 44.8 Å². The Balaban J connectivity index is 1.79. The molecule has 3 rings (SSSR count). The molecular weight excluding hydrogens is 256 g/mol.